The highest BCUT2D eigenvalue weighted by Crippen LogP contribution is 2.28. The molecule has 3 nitrogen and oxygen atoms in total. The minimum absolute atomic E-state index is 0.246. The average molecular weight is 261 g/mol. The van der Waals surface area contributed by atoms with Gasteiger partial charge in [-0.1, -0.05) is 35.9 Å². The summed E-state index contributed by atoms with van der Waals surface area (Å²) >= 11 is 0. The van der Waals surface area contributed by atoms with Gasteiger partial charge in [-0.05, 0) is 24.6 Å². The third-order valence-electron chi connectivity index (χ3n) is 2.81. The Bertz CT molecular complexity index is 673. The maximum atomic E-state index is 11.4. The minimum Gasteiger partial charge on any atom is -0.398 e. The van der Waals surface area contributed by atoms with Gasteiger partial charge in [-0.15, -0.1) is 0 Å². The number of nitrogens with two attached hydrogens (primary N) is 1. The van der Waals surface area contributed by atoms with E-state index in [-0.39, 0.29) is 4.90 Å². The Morgan fingerprint density at radius 1 is 1.00 bits per heavy atom. The SMILES string of the molecule is Cc1ccc(-c2ccc(S(C)(=O)=O)cc2N)cc1. The van der Waals surface area contributed by atoms with Crippen LogP contribution in [0.2, 0.25) is 0 Å². The lowest BCUT2D eigenvalue weighted by molar-refractivity contribution is 0.602. The molecule has 94 valence electrons. The summed E-state index contributed by atoms with van der Waals surface area (Å²) in [6.45, 7) is 2.01. The van der Waals surface area contributed by atoms with Crippen molar-refractivity contribution in [2.45, 2.75) is 11.8 Å². The number of rotatable bonds is 2. The van der Waals surface area contributed by atoms with E-state index in [4.69, 9.17) is 5.73 Å². The van der Waals surface area contributed by atoms with Gasteiger partial charge >= 0.3 is 0 Å². The Labute approximate surface area is 107 Å². The Morgan fingerprint density at radius 2 is 1.61 bits per heavy atom. The highest BCUT2D eigenvalue weighted by Gasteiger charge is 2.10. The second-order valence-corrected chi connectivity index (χ2v) is 6.40. The van der Waals surface area contributed by atoms with Crippen molar-refractivity contribution in [2.75, 3.05) is 12.0 Å². The molecule has 0 atom stereocenters. The molecule has 0 aliphatic heterocycles. The number of anilines is 1. The van der Waals surface area contributed by atoms with E-state index < -0.39 is 9.84 Å². The molecule has 0 radical (unpaired) electrons. The first kappa shape index (κ1) is 12.6. The third kappa shape index (κ3) is 2.54. The summed E-state index contributed by atoms with van der Waals surface area (Å²) in [6.07, 6.45) is 1.17. The van der Waals surface area contributed by atoms with Gasteiger partial charge < -0.3 is 5.73 Å². The number of hydrogen-bond acceptors (Lipinski definition) is 3. The largest absolute Gasteiger partial charge is 0.398 e. The van der Waals surface area contributed by atoms with E-state index in [0.29, 0.717) is 5.69 Å². The Kier molecular flexibility index (Phi) is 3.13. The fraction of sp³-hybridized carbons (Fsp3) is 0.143. The molecule has 0 aliphatic rings. The molecule has 0 spiro atoms. The molecule has 2 rings (SSSR count). The summed E-state index contributed by atoms with van der Waals surface area (Å²) < 4.78 is 22.8. The van der Waals surface area contributed by atoms with Crippen molar-refractivity contribution in [2.24, 2.45) is 0 Å². The van der Waals surface area contributed by atoms with Gasteiger partial charge in [-0.2, -0.15) is 0 Å². The first-order valence-corrected chi connectivity index (χ1v) is 7.44. The molecule has 0 amide bonds. The van der Waals surface area contributed by atoms with Gasteiger partial charge in [-0.3, -0.25) is 0 Å². The number of nitrogen functional groups attached to an aromatic ring is 1. The third-order valence-corrected chi connectivity index (χ3v) is 3.92. The Hall–Kier alpha value is -1.81. The van der Waals surface area contributed by atoms with Gasteiger partial charge in [0.25, 0.3) is 0 Å². The summed E-state index contributed by atoms with van der Waals surface area (Å²) in [6, 6.07) is 12.8. The highest BCUT2D eigenvalue weighted by atomic mass is 32.2. The van der Waals surface area contributed by atoms with Crippen LogP contribution in [-0.4, -0.2) is 14.7 Å². The van der Waals surface area contributed by atoms with Gasteiger partial charge in [-0.25, -0.2) is 8.42 Å². The molecule has 0 unspecified atom stereocenters. The van der Waals surface area contributed by atoms with Crippen LogP contribution in [0.15, 0.2) is 47.4 Å². The molecule has 0 bridgehead atoms. The molecule has 18 heavy (non-hydrogen) atoms. The molecule has 4 heteroatoms. The standard InChI is InChI=1S/C14H15NO2S/c1-10-3-5-11(6-4-10)13-8-7-12(9-14(13)15)18(2,16)17/h3-9H,15H2,1-2H3. The van der Waals surface area contributed by atoms with Crippen LogP contribution in [0, 0.1) is 6.92 Å². The number of aryl methyl sites for hydroxylation is 1. The van der Waals surface area contributed by atoms with Gasteiger partial charge in [0.05, 0.1) is 4.90 Å². The number of hydrogen-bond donors (Lipinski definition) is 1. The predicted octanol–water partition coefficient (Wildman–Crippen LogP) is 2.65. The molecule has 2 aromatic carbocycles. The molecule has 0 aromatic heterocycles. The van der Waals surface area contributed by atoms with Crippen molar-refractivity contribution in [1.82, 2.24) is 0 Å². The maximum absolute atomic E-state index is 11.4. The van der Waals surface area contributed by atoms with Crippen molar-refractivity contribution in [3.8, 4) is 11.1 Å². The maximum Gasteiger partial charge on any atom is 0.175 e. The minimum atomic E-state index is -3.21. The van der Waals surface area contributed by atoms with E-state index in [1.54, 1.807) is 12.1 Å². The van der Waals surface area contributed by atoms with Crippen molar-refractivity contribution >= 4 is 15.5 Å². The smallest absolute Gasteiger partial charge is 0.175 e. The quantitative estimate of drug-likeness (QED) is 0.845. The number of sulfone groups is 1. The van der Waals surface area contributed by atoms with Crippen LogP contribution in [-0.2, 0) is 9.84 Å². The van der Waals surface area contributed by atoms with Crippen molar-refractivity contribution in [3.05, 3.63) is 48.0 Å². The van der Waals surface area contributed by atoms with Crippen LogP contribution in [0.3, 0.4) is 0 Å². The molecule has 0 heterocycles. The summed E-state index contributed by atoms with van der Waals surface area (Å²) in [5.41, 5.74) is 9.40. The second kappa shape index (κ2) is 4.46. The first-order chi connectivity index (χ1) is 8.38. The van der Waals surface area contributed by atoms with E-state index in [1.165, 1.54) is 17.9 Å². The summed E-state index contributed by atoms with van der Waals surface area (Å²) in [5.74, 6) is 0. The van der Waals surface area contributed by atoms with Crippen molar-refractivity contribution in [3.63, 3.8) is 0 Å². The van der Waals surface area contributed by atoms with Crippen molar-refractivity contribution < 1.29 is 8.42 Å². The lowest BCUT2D eigenvalue weighted by Crippen LogP contribution is -1.99. The highest BCUT2D eigenvalue weighted by molar-refractivity contribution is 7.90. The lowest BCUT2D eigenvalue weighted by Gasteiger charge is -2.08. The van der Waals surface area contributed by atoms with E-state index in [0.717, 1.165) is 11.1 Å². The van der Waals surface area contributed by atoms with Crippen LogP contribution < -0.4 is 5.73 Å². The van der Waals surface area contributed by atoms with Gasteiger partial charge in [0.2, 0.25) is 0 Å². The molecule has 0 saturated carbocycles. The molecule has 0 aliphatic carbocycles. The zero-order valence-electron chi connectivity index (χ0n) is 10.3. The molecule has 2 N–H and O–H groups in total. The van der Waals surface area contributed by atoms with Gasteiger partial charge in [0.15, 0.2) is 9.84 Å². The lowest BCUT2D eigenvalue weighted by atomic mass is 10.0. The monoisotopic (exact) mass is 261 g/mol. The predicted molar refractivity (Wildman–Crippen MR) is 74.1 cm³/mol. The Morgan fingerprint density at radius 3 is 2.11 bits per heavy atom. The van der Waals surface area contributed by atoms with Crippen LogP contribution in [0.1, 0.15) is 5.56 Å². The fourth-order valence-electron chi connectivity index (χ4n) is 1.77. The van der Waals surface area contributed by atoms with E-state index in [2.05, 4.69) is 0 Å². The van der Waals surface area contributed by atoms with Crippen LogP contribution in [0.4, 0.5) is 5.69 Å². The summed E-state index contributed by atoms with van der Waals surface area (Å²) in [5, 5.41) is 0. The number of benzene rings is 2. The van der Waals surface area contributed by atoms with Crippen LogP contribution in [0.5, 0.6) is 0 Å². The van der Waals surface area contributed by atoms with Crippen LogP contribution in [0.25, 0.3) is 11.1 Å². The normalized spacial score (nSPS) is 11.4. The summed E-state index contributed by atoms with van der Waals surface area (Å²) in [7, 11) is -3.21. The molecule has 2 aromatic rings. The Balaban J connectivity index is 2.51. The fourth-order valence-corrected chi connectivity index (χ4v) is 2.42. The van der Waals surface area contributed by atoms with E-state index in [9.17, 15) is 8.42 Å². The summed E-state index contributed by atoms with van der Waals surface area (Å²) in [4.78, 5) is 0.246. The van der Waals surface area contributed by atoms with E-state index in [1.807, 2.05) is 31.2 Å². The zero-order valence-corrected chi connectivity index (χ0v) is 11.2. The van der Waals surface area contributed by atoms with Gasteiger partial charge in [0.1, 0.15) is 0 Å². The molecular weight excluding hydrogens is 246 g/mol. The van der Waals surface area contributed by atoms with Crippen LogP contribution >= 0.6 is 0 Å². The topological polar surface area (TPSA) is 60.2 Å². The van der Waals surface area contributed by atoms with Crippen molar-refractivity contribution in [1.29, 1.82) is 0 Å². The van der Waals surface area contributed by atoms with E-state index >= 15 is 0 Å². The first-order valence-electron chi connectivity index (χ1n) is 5.54. The molecular formula is C14H15NO2S. The second-order valence-electron chi connectivity index (χ2n) is 4.39. The van der Waals surface area contributed by atoms with Gasteiger partial charge in [0, 0.05) is 17.5 Å². The molecule has 0 fully saturated rings. The average Bonchev–Trinajstić information content (AvgIpc) is 2.29. The zero-order chi connectivity index (χ0) is 13.3. The molecule has 0 saturated heterocycles.